The lowest BCUT2D eigenvalue weighted by Gasteiger charge is -2.21. The van der Waals surface area contributed by atoms with Crippen molar-refractivity contribution in [3.63, 3.8) is 0 Å². The Kier molecular flexibility index (Phi) is 4.49. The Morgan fingerprint density at radius 3 is 2.36 bits per heavy atom. The molecule has 1 fully saturated rings. The zero-order valence-corrected chi connectivity index (χ0v) is 14.9. The van der Waals surface area contributed by atoms with Crippen LogP contribution in [0.2, 0.25) is 0 Å². The van der Waals surface area contributed by atoms with Gasteiger partial charge in [-0.05, 0) is 44.0 Å². The summed E-state index contributed by atoms with van der Waals surface area (Å²) in [5, 5.41) is 3.15. The number of rotatable bonds is 4. The Hall–Kier alpha value is -2.82. The Morgan fingerprint density at radius 2 is 1.72 bits per heavy atom. The average molecular weight is 338 g/mol. The van der Waals surface area contributed by atoms with Crippen LogP contribution in [-0.4, -0.2) is 25.0 Å². The molecule has 5 heteroatoms. The molecule has 0 bridgehead atoms. The number of carbonyl (C=O) groups is 2. The maximum atomic E-state index is 12.9. The van der Waals surface area contributed by atoms with E-state index in [-0.39, 0.29) is 18.2 Å². The van der Waals surface area contributed by atoms with E-state index in [4.69, 9.17) is 4.74 Å². The van der Waals surface area contributed by atoms with Gasteiger partial charge in [0.05, 0.1) is 24.9 Å². The highest BCUT2D eigenvalue weighted by atomic mass is 16.5. The summed E-state index contributed by atoms with van der Waals surface area (Å²) in [6.45, 7) is 5.86. The van der Waals surface area contributed by atoms with Gasteiger partial charge in [0, 0.05) is 0 Å². The van der Waals surface area contributed by atoms with Crippen molar-refractivity contribution in [3.8, 4) is 5.75 Å². The number of aryl methyl sites for hydroxylation is 3. The van der Waals surface area contributed by atoms with Gasteiger partial charge in [0.2, 0.25) is 5.91 Å². The van der Waals surface area contributed by atoms with Gasteiger partial charge in [-0.15, -0.1) is 0 Å². The van der Waals surface area contributed by atoms with Crippen molar-refractivity contribution in [1.29, 1.82) is 0 Å². The second kappa shape index (κ2) is 6.59. The Morgan fingerprint density at radius 1 is 1.08 bits per heavy atom. The van der Waals surface area contributed by atoms with Crippen molar-refractivity contribution >= 4 is 23.2 Å². The molecule has 0 unspecified atom stereocenters. The van der Waals surface area contributed by atoms with Crippen LogP contribution in [0.5, 0.6) is 5.75 Å². The number of hydrogen-bond donors (Lipinski definition) is 1. The standard InChI is InChI=1S/C20H22N2O3/c1-12-9-13(2)19(14(3)10-12)22-18(23)11-16(20(22)24)21-15-7-5-6-8-17(15)25-4/h5-10,16,21H,11H2,1-4H3/t16-/m1/s1. The minimum atomic E-state index is -0.594. The molecule has 1 aliphatic heterocycles. The first kappa shape index (κ1) is 17.0. The van der Waals surface area contributed by atoms with E-state index in [1.54, 1.807) is 7.11 Å². The summed E-state index contributed by atoms with van der Waals surface area (Å²) in [4.78, 5) is 26.8. The molecule has 1 saturated heterocycles. The summed E-state index contributed by atoms with van der Waals surface area (Å²) in [5.41, 5.74) is 4.37. The van der Waals surface area contributed by atoms with Gasteiger partial charge < -0.3 is 10.1 Å². The quantitative estimate of drug-likeness (QED) is 0.869. The van der Waals surface area contributed by atoms with E-state index < -0.39 is 6.04 Å². The van der Waals surface area contributed by atoms with Gasteiger partial charge in [0.15, 0.2) is 0 Å². The van der Waals surface area contributed by atoms with Crippen LogP contribution in [0.25, 0.3) is 0 Å². The fourth-order valence-electron chi connectivity index (χ4n) is 3.46. The van der Waals surface area contributed by atoms with Gasteiger partial charge in [-0.1, -0.05) is 29.8 Å². The Balaban J connectivity index is 1.91. The van der Waals surface area contributed by atoms with Crippen LogP contribution in [0.15, 0.2) is 36.4 Å². The lowest BCUT2D eigenvalue weighted by atomic mass is 10.0. The maximum Gasteiger partial charge on any atom is 0.256 e. The minimum absolute atomic E-state index is 0.129. The molecule has 3 rings (SSSR count). The summed E-state index contributed by atoms with van der Waals surface area (Å²) in [6, 6.07) is 10.8. The lowest BCUT2D eigenvalue weighted by molar-refractivity contribution is -0.121. The molecule has 0 aliphatic carbocycles. The molecule has 2 amide bonds. The Labute approximate surface area is 147 Å². The third-order valence-electron chi connectivity index (χ3n) is 4.44. The number of anilines is 2. The topological polar surface area (TPSA) is 58.6 Å². The third kappa shape index (κ3) is 3.09. The molecule has 1 atom stereocenters. The Bertz CT molecular complexity index is 822. The summed E-state index contributed by atoms with van der Waals surface area (Å²) >= 11 is 0. The summed E-state index contributed by atoms with van der Waals surface area (Å²) < 4.78 is 5.31. The van der Waals surface area contributed by atoms with Crippen molar-refractivity contribution in [1.82, 2.24) is 0 Å². The number of para-hydroxylation sites is 2. The number of methoxy groups -OCH3 is 1. The summed E-state index contributed by atoms with van der Waals surface area (Å²) in [5.74, 6) is 0.224. The second-order valence-electron chi connectivity index (χ2n) is 6.42. The van der Waals surface area contributed by atoms with E-state index in [2.05, 4.69) is 5.32 Å². The van der Waals surface area contributed by atoms with Gasteiger partial charge in [0.25, 0.3) is 5.91 Å². The molecule has 130 valence electrons. The number of carbonyl (C=O) groups excluding carboxylic acids is 2. The molecule has 0 spiro atoms. The van der Waals surface area contributed by atoms with Gasteiger partial charge >= 0.3 is 0 Å². The number of hydrogen-bond acceptors (Lipinski definition) is 4. The smallest absolute Gasteiger partial charge is 0.256 e. The highest BCUT2D eigenvalue weighted by molar-refractivity contribution is 6.23. The third-order valence-corrected chi connectivity index (χ3v) is 4.44. The molecule has 1 heterocycles. The highest BCUT2D eigenvalue weighted by Crippen LogP contribution is 2.33. The van der Waals surface area contributed by atoms with Crippen molar-refractivity contribution < 1.29 is 14.3 Å². The molecular weight excluding hydrogens is 316 g/mol. The van der Waals surface area contributed by atoms with Crippen LogP contribution in [-0.2, 0) is 9.59 Å². The molecule has 0 aromatic heterocycles. The summed E-state index contributed by atoms with van der Waals surface area (Å²) in [6.07, 6.45) is 0.129. The molecule has 5 nitrogen and oxygen atoms in total. The lowest BCUT2D eigenvalue weighted by Crippen LogP contribution is -2.35. The fraction of sp³-hybridized carbons (Fsp3) is 0.300. The first-order valence-corrected chi connectivity index (χ1v) is 8.26. The van der Waals surface area contributed by atoms with Crippen molar-refractivity contribution in [2.75, 3.05) is 17.3 Å². The predicted octanol–water partition coefficient (Wildman–Crippen LogP) is 3.36. The normalized spacial score (nSPS) is 17.1. The van der Waals surface area contributed by atoms with Gasteiger partial charge in [-0.2, -0.15) is 0 Å². The summed E-state index contributed by atoms with van der Waals surface area (Å²) in [7, 11) is 1.58. The number of nitrogens with one attached hydrogen (secondary N) is 1. The van der Waals surface area contributed by atoms with Crippen molar-refractivity contribution in [3.05, 3.63) is 53.1 Å². The maximum absolute atomic E-state index is 12.9. The molecule has 2 aromatic carbocycles. The van der Waals surface area contributed by atoms with Gasteiger partial charge in [-0.25, -0.2) is 4.90 Å². The molecule has 0 radical (unpaired) electrons. The largest absolute Gasteiger partial charge is 0.495 e. The first-order chi connectivity index (χ1) is 11.9. The molecular formula is C20H22N2O3. The van der Waals surface area contributed by atoms with E-state index in [1.165, 1.54) is 4.90 Å². The molecule has 1 N–H and O–H groups in total. The highest BCUT2D eigenvalue weighted by Gasteiger charge is 2.41. The fourth-order valence-corrected chi connectivity index (χ4v) is 3.46. The van der Waals surface area contributed by atoms with Crippen LogP contribution < -0.4 is 15.0 Å². The SMILES string of the molecule is COc1ccccc1N[C@@H]1CC(=O)N(c2c(C)cc(C)cc2C)C1=O. The van der Waals surface area contributed by atoms with Crippen LogP contribution in [0.1, 0.15) is 23.1 Å². The van der Waals surface area contributed by atoms with E-state index in [1.807, 2.05) is 57.2 Å². The number of benzene rings is 2. The zero-order chi connectivity index (χ0) is 18.1. The molecule has 1 aliphatic rings. The van der Waals surface area contributed by atoms with E-state index in [0.29, 0.717) is 17.1 Å². The molecule has 2 aromatic rings. The number of imide groups is 1. The zero-order valence-electron chi connectivity index (χ0n) is 14.9. The van der Waals surface area contributed by atoms with Crippen LogP contribution in [0, 0.1) is 20.8 Å². The molecule has 0 saturated carbocycles. The number of ether oxygens (including phenoxy) is 1. The van der Waals surface area contributed by atoms with Crippen molar-refractivity contribution in [2.45, 2.75) is 33.2 Å². The predicted molar refractivity (Wildman–Crippen MR) is 98.2 cm³/mol. The van der Waals surface area contributed by atoms with Gasteiger partial charge in [0.1, 0.15) is 11.8 Å². The first-order valence-electron chi connectivity index (χ1n) is 8.26. The van der Waals surface area contributed by atoms with E-state index in [9.17, 15) is 9.59 Å². The monoisotopic (exact) mass is 338 g/mol. The number of amides is 2. The van der Waals surface area contributed by atoms with Gasteiger partial charge in [-0.3, -0.25) is 9.59 Å². The van der Waals surface area contributed by atoms with E-state index >= 15 is 0 Å². The van der Waals surface area contributed by atoms with Crippen LogP contribution >= 0.6 is 0 Å². The number of nitrogens with zero attached hydrogens (tertiary/aromatic N) is 1. The second-order valence-corrected chi connectivity index (χ2v) is 6.42. The van der Waals surface area contributed by atoms with Crippen LogP contribution in [0.4, 0.5) is 11.4 Å². The van der Waals surface area contributed by atoms with Crippen molar-refractivity contribution in [2.24, 2.45) is 0 Å². The van der Waals surface area contributed by atoms with Crippen LogP contribution in [0.3, 0.4) is 0 Å². The van der Waals surface area contributed by atoms with E-state index in [0.717, 1.165) is 16.7 Å². The minimum Gasteiger partial charge on any atom is -0.495 e. The molecule has 25 heavy (non-hydrogen) atoms. The average Bonchev–Trinajstić information content (AvgIpc) is 2.82.